The molecule has 0 aliphatic rings. The van der Waals surface area contributed by atoms with Gasteiger partial charge >= 0.3 is 12.1 Å². The van der Waals surface area contributed by atoms with Gasteiger partial charge in [-0.1, -0.05) is 13.8 Å². The number of aromatic nitrogens is 3. The highest BCUT2D eigenvalue weighted by atomic mass is 32.1. The Hall–Kier alpha value is -3.10. The van der Waals surface area contributed by atoms with E-state index in [1.807, 2.05) is 16.1 Å². The maximum atomic E-state index is 11.6. The van der Waals surface area contributed by atoms with Crippen LogP contribution >= 0.6 is 34.0 Å². The van der Waals surface area contributed by atoms with E-state index >= 15 is 0 Å². The molecule has 0 unspecified atom stereocenters. The molecule has 3 aromatic rings. The number of ether oxygens (including phenoxy) is 1. The molecule has 3 rings (SSSR count). The van der Waals surface area contributed by atoms with E-state index in [0.717, 1.165) is 42.8 Å². The van der Waals surface area contributed by atoms with Crippen LogP contribution in [0.15, 0.2) is 16.1 Å². The Morgan fingerprint density at radius 1 is 0.789 bits per heavy atom. The van der Waals surface area contributed by atoms with Crippen molar-refractivity contribution >= 4 is 67.4 Å². The zero-order valence-electron chi connectivity index (χ0n) is 22.0. The fraction of sp³-hybridized carbons (Fsp3) is 0.500. The fourth-order valence-electron chi connectivity index (χ4n) is 3.76. The number of rotatable bonds is 12. The lowest BCUT2D eigenvalue weighted by Crippen LogP contribution is -2.24. The molecule has 4 amide bonds. The van der Waals surface area contributed by atoms with Gasteiger partial charge in [0.1, 0.15) is 0 Å². The van der Waals surface area contributed by atoms with Crippen LogP contribution in [0.25, 0.3) is 0 Å². The average molecular weight is 580 g/mol. The number of thiazole rings is 3. The lowest BCUT2D eigenvalue weighted by molar-refractivity contribution is -0.114. The highest BCUT2D eigenvalue weighted by Crippen LogP contribution is 2.36. The van der Waals surface area contributed by atoms with E-state index in [1.165, 1.54) is 48.0 Å². The molecule has 3 atom stereocenters. The highest BCUT2D eigenvalue weighted by Gasteiger charge is 2.21. The summed E-state index contributed by atoms with van der Waals surface area (Å²) in [5, 5.41) is 18.3. The molecule has 0 aliphatic carbocycles. The largest absolute Gasteiger partial charge is 0.453 e. The SMILES string of the molecule is CNC(=O)Nc1nc([C@H](C)CC[C@H](CC[C@H](C)c2csc(NC(C)=O)n2)c2csc(NC(=O)OC)n2)cs1. The molecular weight excluding hydrogens is 547 g/mol. The summed E-state index contributed by atoms with van der Waals surface area (Å²) >= 11 is 4.20. The van der Waals surface area contributed by atoms with Crippen molar-refractivity contribution in [3.05, 3.63) is 33.2 Å². The van der Waals surface area contributed by atoms with E-state index in [2.05, 4.69) is 54.8 Å². The Kier molecular flexibility index (Phi) is 11.0. The number of carbonyl (C=O) groups excluding carboxylic acids is 3. The van der Waals surface area contributed by atoms with E-state index in [1.54, 1.807) is 7.05 Å². The monoisotopic (exact) mass is 579 g/mol. The number of nitrogens with one attached hydrogen (secondary N) is 4. The Morgan fingerprint density at radius 2 is 1.26 bits per heavy atom. The summed E-state index contributed by atoms with van der Waals surface area (Å²) < 4.78 is 4.69. The second-order valence-corrected chi connectivity index (χ2v) is 11.5. The van der Waals surface area contributed by atoms with E-state index in [9.17, 15) is 14.4 Å². The number of hydrogen-bond acceptors (Lipinski definition) is 10. The first-order chi connectivity index (χ1) is 18.2. The van der Waals surface area contributed by atoms with Crippen LogP contribution in [0.1, 0.15) is 81.3 Å². The zero-order valence-corrected chi connectivity index (χ0v) is 24.4. The summed E-state index contributed by atoms with van der Waals surface area (Å²) in [6.45, 7) is 5.73. The second-order valence-electron chi connectivity index (χ2n) is 8.89. The first kappa shape index (κ1) is 29.5. The molecule has 0 spiro atoms. The molecule has 3 heterocycles. The van der Waals surface area contributed by atoms with Gasteiger partial charge in [-0.2, -0.15) is 0 Å². The van der Waals surface area contributed by atoms with Crippen LogP contribution in [-0.4, -0.2) is 47.1 Å². The van der Waals surface area contributed by atoms with Crippen molar-refractivity contribution in [2.75, 3.05) is 30.1 Å². The van der Waals surface area contributed by atoms with Gasteiger partial charge in [0.15, 0.2) is 15.4 Å². The average Bonchev–Trinajstić information content (AvgIpc) is 3.65. The standard InChI is InChI=1S/C24H33N7O4S3/c1-13(17-10-36-21(27-17)26-15(3)32)6-8-16(19-12-38-23(29-19)31-24(34)35-5)9-7-14(2)18-11-37-22(28-18)30-20(33)25-4/h10-14,16H,6-9H2,1-5H3,(H,26,27,32)(H,29,31,34)(H2,25,28,30,33)/t13-,14+,16-/m0/s1. The van der Waals surface area contributed by atoms with Crippen molar-refractivity contribution in [1.82, 2.24) is 20.3 Å². The minimum Gasteiger partial charge on any atom is -0.453 e. The van der Waals surface area contributed by atoms with Gasteiger partial charge in [0, 0.05) is 36.0 Å². The quantitative estimate of drug-likeness (QED) is 0.200. The third-order valence-corrected chi connectivity index (χ3v) is 8.34. The molecule has 0 fully saturated rings. The topological polar surface area (TPSA) is 147 Å². The van der Waals surface area contributed by atoms with Crippen LogP contribution < -0.4 is 21.3 Å². The molecule has 0 aliphatic heterocycles. The van der Waals surface area contributed by atoms with Gasteiger partial charge in [-0.3, -0.25) is 15.4 Å². The number of anilines is 3. The Morgan fingerprint density at radius 3 is 1.76 bits per heavy atom. The first-order valence-electron chi connectivity index (χ1n) is 12.2. The fourth-order valence-corrected chi connectivity index (χ4v) is 6.24. The maximum absolute atomic E-state index is 11.6. The Labute approximate surface area is 233 Å². The van der Waals surface area contributed by atoms with Crippen LogP contribution in [0.4, 0.5) is 25.0 Å². The van der Waals surface area contributed by atoms with Crippen LogP contribution in [-0.2, 0) is 9.53 Å². The smallest absolute Gasteiger partial charge is 0.413 e. The molecule has 0 saturated heterocycles. The van der Waals surface area contributed by atoms with Crippen molar-refractivity contribution in [1.29, 1.82) is 0 Å². The third-order valence-electron chi connectivity index (χ3n) is 6.02. The molecule has 3 aromatic heterocycles. The number of carbonyl (C=O) groups is 3. The molecule has 4 N–H and O–H groups in total. The van der Waals surface area contributed by atoms with Crippen molar-refractivity contribution in [2.45, 2.75) is 64.2 Å². The summed E-state index contributed by atoms with van der Waals surface area (Å²) in [4.78, 5) is 48.3. The van der Waals surface area contributed by atoms with Crippen LogP contribution in [0.2, 0.25) is 0 Å². The van der Waals surface area contributed by atoms with Gasteiger partial charge in [-0.25, -0.2) is 24.5 Å². The molecule has 0 aromatic carbocycles. The van der Waals surface area contributed by atoms with Gasteiger partial charge in [0.2, 0.25) is 5.91 Å². The predicted molar refractivity (Wildman–Crippen MR) is 153 cm³/mol. The van der Waals surface area contributed by atoms with Crippen molar-refractivity contribution in [2.24, 2.45) is 0 Å². The number of nitrogens with zero attached hydrogens (tertiary/aromatic N) is 3. The lowest BCUT2D eigenvalue weighted by atomic mass is 9.87. The van der Waals surface area contributed by atoms with Crippen molar-refractivity contribution < 1.29 is 19.1 Å². The normalized spacial score (nSPS) is 13.3. The van der Waals surface area contributed by atoms with Gasteiger partial charge in [0.25, 0.3) is 0 Å². The van der Waals surface area contributed by atoms with E-state index in [0.29, 0.717) is 15.4 Å². The molecule has 0 bridgehead atoms. The van der Waals surface area contributed by atoms with Crippen LogP contribution in [0, 0.1) is 0 Å². The number of methoxy groups -OCH3 is 1. The van der Waals surface area contributed by atoms with Crippen LogP contribution in [0.3, 0.4) is 0 Å². The first-order valence-corrected chi connectivity index (χ1v) is 14.8. The van der Waals surface area contributed by atoms with Crippen molar-refractivity contribution in [3.63, 3.8) is 0 Å². The van der Waals surface area contributed by atoms with Gasteiger partial charge < -0.3 is 15.4 Å². The predicted octanol–water partition coefficient (Wildman–Crippen LogP) is 6.20. The molecular formula is C24H33N7O4S3. The molecule has 0 saturated carbocycles. The molecule has 206 valence electrons. The molecule has 14 heteroatoms. The molecule has 11 nitrogen and oxygen atoms in total. The van der Waals surface area contributed by atoms with Crippen molar-refractivity contribution in [3.8, 4) is 0 Å². The summed E-state index contributed by atoms with van der Waals surface area (Å²) in [7, 11) is 2.88. The minimum absolute atomic E-state index is 0.135. The number of urea groups is 1. The lowest BCUT2D eigenvalue weighted by Gasteiger charge is -2.19. The van der Waals surface area contributed by atoms with E-state index in [4.69, 9.17) is 0 Å². The van der Waals surface area contributed by atoms with Crippen LogP contribution in [0.5, 0.6) is 0 Å². The number of hydrogen-bond donors (Lipinski definition) is 4. The third kappa shape index (κ3) is 8.74. The summed E-state index contributed by atoms with van der Waals surface area (Å²) in [6.07, 6.45) is 2.97. The summed E-state index contributed by atoms with van der Waals surface area (Å²) in [5.74, 6) is 0.428. The molecule has 38 heavy (non-hydrogen) atoms. The summed E-state index contributed by atoms with van der Waals surface area (Å²) in [6, 6.07) is -0.294. The van der Waals surface area contributed by atoms with Gasteiger partial charge in [-0.05, 0) is 37.5 Å². The Bertz CT molecular complexity index is 1230. The minimum atomic E-state index is -0.548. The van der Waals surface area contributed by atoms with Gasteiger partial charge in [-0.15, -0.1) is 34.0 Å². The van der Waals surface area contributed by atoms with E-state index < -0.39 is 6.09 Å². The molecule has 0 radical (unpaired) electrons. The number of amides is 4. The maximum Gasteiger partial charge on any atom is 0.413 e. The zero-order chi connectivity index (χ0) is 27.7. The van der Waals surface area contributed by atoms with E-state index in [-0.39, 0.29) is 29.7 Å². The second kappa shape index (κ2) is 14.2. The Balaban J connectivity index is 1.67. The highest BCUT2D eigenvalue weighted by molar-refractivity contribution is 7.14. The van der Waals surface area contributed by atoms with Gasteiger partial charge in [0.05, 0.1) is 24.2 Å². The summed E-state index contributed by atoms with van der Waals surface area (Å²) in [5.41, 5.74) is 2.82.